The molecule has 2 nitrogen and oxygen atoms in total. The van der Waals surface area contributed by atoms with Crippen LogP contribution in [0.3, 0.4) is 0 Å². The van der Waals surface area contributed by atoms with Crippen molar-refractivity contribution in [3.8, 4) is 0 Å². The van der Waals surface area contributed by atoms with Crippen molar-refractivity contribution in [2.75, 3.05) is 6.54 Å². The Morgan fingerprint density at radius 1 is 1.33 bits per heavy atom. The van der Waals surface area contributed by atoms with Crippen molar-refractivity contribution in [3.63, 3.8) is 0 Å². The second-order valence-corrected chi connectivity index (χ2v) is 8.74. The third-order valence-electron chi connectivity index (χ3n) is 4.55. The van der Waals surface area contributed by atoms with Gasteiger partial charge in [0.2, 0.25) is 0 Å². The van der Waals surface area contributed by atoms with E-state index in [2.05, 4.69) is 46.9 Å². The zero-order valence-corrected chi connectivity index (χ0v) is 13.8. The maximum atomic E-state index is 12.8. The molecule has 1 aliphatic carbocycles. The molecule has 1 saturated carbocycles. The molecule has 0 aliphatic heterocycles. The lowest BCUT2D eigenvalue weighted by molar-refractivity contribution is 0.174. The summed E-state index contributed by atoms with van der Waals surface area (Å²) in [6, 6.07) is 0.401. The van der Waals surface area contributed by atoms with E-state index in [-0.39, 0.29) is 5.41 Å². The summed E-state index contributed by atoms with van der Waals surface area (Å²) in [5.41, 5.74) is 0.269. The molecule has 1 rings (SSSR count). The summed E-state index contributed by atoms with van der Waals surface area (Å²) in [6.07, 6.45) is 3.58. The maximum absolute atomic E-state index is 12.8. The van der Waals surface area contributed by atoms with Crippen LogP contribution in [-0.4, -0.2) is 27.3 Å². The first-order valence-corrected chi connectivity index (χ1v) is 8.71. The molecular weight excluding hydrogens is 242 g/mol. The summed E-state index contributed by atoms with van der Waals surface area (Å²) in [5.74, 6) is 0.498. The number of hydrogen-bond acceptors (Lipinski definition) is 2. The van der Waals surface area contributed by atoms with Crippen LogP contribution in [-0.2, 0) is 10.8 Å². The highest BCUT2D eigenvalue weighted by Crippen LogP contribution is 2.38. The third kappa shape index (κ3) is 3.57. The van der Waals surface area contributed by atoms with Crippen LogP contribution in [0.1, 0.15) is 60.8 Å². The van der Waals surface area contributed by atoms with E-state index < -0.39 is 10.8 Å². The molecular formula is C15H31NOS. The van der Waals surface area contributed by atoms with Gasteiger partial charge < -0.3 is 5.32 Å². The van der Waals surface area contributed by atoms with E-state index >= 15 is 0 Å². The topological polar surface area (TPSA) is 29.1 Å². The molecule has 1 aliphatic rings. The molecule has 1 N–H and O–H groups in total. The van der Waals surface area contributed by atoms with Gasteiger partial charge in [0.1, 0.15) is 0 Å². The van der Waals surface area contributed by atoms with Crippen molar-refractivity contribution in [3.05, 3.63) is 0 Å². The minimum absolute atomic E-state index is 0.269. The van der Waals surface area contributed by atoms with Gasteiger partial charge >= 0.3 is 0 Å². The zero-order valence-electron chi connectivity index (χ0n) is 13.0. The van der Waals surface area contributed by atoms with Gasteiger partial charge in [-0.3, -0.25) is 4.21 Å². The summed E-state index contributed by atoms with van der Waals surface area (Å²) in [5, 5.41) is 4.23. The molecule has 0 aromatic carbocycles. The lowest BCUT2D eigenvalue weighted by Crippen LogP contribution is -2.55. The van der Waals surface area contributed by atoms with Crippen molar-refractivity contribution >= 4 is 10.8 Å². The Balaban J connectivity index is 2.87. The van der Waals surface area contributed by atoms with Crippen molar-refractivity contribution in [2.24, 2.45) is 11.3 Å². The van der Waals surface area contributed by atoms with Gasteiger partial charge in [-0.1, -0.05) is 48.0 Å². The van der Waals surface area contributed by atoms with Crippen LogP contribution < -0.4 is 5.32 Å². The van der Waals surface area contributed by atoms with E-state index in [0.29, 0.717) is 22.5 Å². The maximum Gasteiger partial charge on any atom is 0.0509 e. The third-order valence-corrected chi connectivity index (χ3v) is 6.93. The first-order chi connectivity index (χ1) is 8.31. The molecule has 108 valence electrons. The Labute approximate surface area is 116 Å². The average molecular weight is 273 g/mol. The molecule has 0 heterocycles. The highest BCUT2D eigenvalue weighted by molar-refractivity contribution is 7.86. The highest BCUT2D eigenvalue weighted by atomic mass is 32.2. The first kappa shape index (κ1) is 16.2. The van der Waals surface area contributed by atoms with Crippen LogP contribution in [0, 0.1) is 11.3 Å². The highest BCUT2D eigenvalue weighted by Gasteiger charge is 2.42. The van der Waals surface area contributed by atoms with E-state index in [9.17, 15) is 4.21 Å². The molecule has 0 aromatic rings. The molecule has 0 saturated heterocycles. The fraction of sp³-hybridized carbons (Fsp3) is 1.00. The van der Waals surface area contributed by atoms with Crippen LogP contribution in [0.25, 0.3) is 0 Å². The van der Waals surface area contributed by atoms with Gasteiger partial charge in [0.15, 0.2) is 0 Å². The Morgan fingerprint density at radius 3 is 2.44 bits per heavy atom. The molecule has 0 bridgehead atoms. The van der Waals surface area contributed by atoms with Crippen LogP contribution in [0.4, 0.5) is 0 Å². The Morgan fingerprint density at radius 2 is 1.94 bits per heavy atom. The molecule has 4 atom stereocenters. The van der Waals surface area contributed by atoms with Gasteiger partial charge in [-0.15, -0.1) is 0 Å². The average Bonchev–Trinajstić information content (AvgIpc) is 2.29. The normalized spacial score (nSPS) is 31.3. The number of hydrogen-bond donors (Lipinski definition) is 1. The Hall–Kier alpha value is 0.110. The van der Waals surface area contributed by atoms with Crippen LogP contribution >= 0.6 is 0 Å². The summed E-state index contributed by atoms with van der Waals surface area (Å²) in [6.45, 7) is 14.3. The Kier molecular flexibility index (Phi) is 5.85. The van der Waals surface area contributed by atoms with Crippen molar-refractivity contribution in [1.82, 2.24) is 5.32 Å². The van der Waals surface area contributed by atoms with Crippen LogP contribution in [0.5, 0.6) is 0 Å². The summed E-state index contributed by atoms with van der Waals surface area (Å²) in [4.78, 5) is 0. The molecule has 1 fully saturated rings. The van der Waals surface area contributed by atoms with E-state index in [1.807, 2.05) is 0 Å². The monoisotopic (exact) mass is 273 g/mol. The van der Waals surface area contributed by atoms with E-state index in [1.165, 1.54) is 12.8 Å². The predicted octanol–water partition coefficient (Wildman–Crippen LogP) is 3.34. The summed E-state index contributed by atoms with van der Waals surface area (Å²) >= 11 is 0. The van der Waals surface area contributed by atoms with Gasteiger partial charge in [0.25, 0.3) is 0 Å². The van der Waals surface area contributed by atoms with E-state index in [4.69, 9.17) is 0 Å². The summed E-state index contributed by atoms with van der Waals surface area (Å²) in [7, 11) is -0.722. The molecule has 0 spiro atoms. The van der Waals surface area contributed by atoms with Gasteiger partial charge in [0.05, 0.1) is 5.25 Å². The lowest BCUT2D eigenvalue weighted by atomic mass is 9.73. The SMILES string of the molecule is CCNC1C(S(=O)C(C)C(C)C)CCCC1(C)C. The minimum atomic E-state index is -0.722. The largest absolute Gasteiger partial charge is 0.313 e. The van der Waals surface area contributed by atoms with E-state index in [0.717, 1.165) is 13.0 Å². The predicted molar refractivity (Wildman–Crippen MR) is 81.3 cm³/mol. The lowest BCUT2D eigenvalue weighted by Gasteiger charge is -2.45. The van der Waals surface area contributed by atoms with Gasteiger partial charge in [0, 0.05) is 22.1 Å². The van der Waals surface area contributed by atoms with Gasteiger partial charge in [-0.2, -0.15) is 0 Å². The molecule has 0 amide bonds. The smallest absolute Gasteiger partial charge is 0.0509 e. The van der Waals surface area contributed by atoms with E-state index in [1.54, 1.807) is 0 Å². The molecule has 4 unspecified atom stereocenters. The zero-order chi connectivity index (χ0) is 13.9. The van der Waals surface area contributed by atoms with Gasteiger partial charge in [-0.25, -0.2) is 0 Å². The second-order valence-electron chi connectivity index (χ2n) is 6.73. The molecule has 0 aromatic heterocycles. The molecule has 18 heavy (non-hydrogen) atoms. The summed E-state index contributed by atoms with van der Waals surface area (Å²) < 4.78 is 12.8. The molecule has 0 radical (unpaired) electrons. The minimum Gasteiger partial charge on any atom is -0.313 e. The number of rotatable bonds is 5. The van der Waals surface area contributed by atoms with Crippen LogP contribution in [0.15, 0.2) is 0 Å². The Bertz CT molecular complexity index is 288. The quantitative estimate of drug-likeness (QED) is 0.832. The standard InChI is InChI=1S/C15H31NOS/c1-7-16-14-13(9-8-10-15(14,5)6)18(17)12(4)11(2)3/h11-14,16H,7-10H2,1-6H3. The molecule has 3 heteroatoms. The fourth-order valence-corrected chi connectivity index (χ4v) is 5.23. The second kappa shape index (κ2) is 6.51. The van der Waals surface area contributed by atoms with Gasteiger partial charge in [-0.05, 0) is 30.7 Å². The first-order valence-electron chi connectivity index (χ1n) is 7.44. The van der Waals surface area contributed by atoms with Crippen molar-refractivity contribution < 1.29 is 4.21 Å². The van der Waals surface area contributed by atoms with Crippen molar-refractivity contribution in [1.29, 1.82) is 0 Å². The fourth-order valence-electron chi connectivity index (χ4n) is 3.01. The van der Waals surface area contributed by atoms with Crippen molar-refractivity contribution in [2.45, 2.75) is 77.3 Å². The number of nitrogens with one attached hydrogen (secondary N) is 1. The van der Waals surface area contributed by atoms with Crippen LogP contribution in [0.2, 0.25) is 0 Å².